The molecule has 0 radical (unpaired) electrons. The monoisotopic (exact) mass is 256 g/mol. The van der Waals surface area contributed by atoms with E-state index in [1.807, 2.05) is 5.43 Å². The highest BCUT2D eigenvalue weighted by Gasteiger charge is 2.25. The fraction of sp³-hybridized carbons (Fsp3) is 0.300. The highest BCUT2D eigenvalue weighted by Crippen LogP contribution is 2.26. The third kappa shape index (κ3) is 2.54. The molecule has 0 saturated heterocycles. The van der Waals surface area contributed by atoms with Gasteiger partial charge >= 0.3 is 0 Å². The van der Waals surface area contributed by atoms with E-state index in [-0.39, 0.29) is 11.3 Å². The predicted octanol–water partition coefficient (Wildman–Crippen LogP) is 1.11. The van der Waals surface area contributed by atoms with Gasteiger partial charge in [0, 0.05) is 13.6 Å². The summed E-state index contributed by atoms with van der Waals surface area (Å²) in [6.45, 7) is 2.09. The van der Waals surface area contributed by atoms with Crippen molar-refractivity contribution in [3.8, 4) is 0 Å². The molecule has 98 valence electrons. The van der Waals surface area contributed by atoms with Gasteiger partial charge in [-0.25, -0.2) is 4.39 Å². The van der Waals surface area contributed by atoms with E-state index in [1.54, 1.807) is 6.92 Å². The first kappa shape index (κ1) is 13.8. The lowest BCUT2D eigenvalue weighted by atomic mass is 10.1. The van der Waals surface area contributed by atoms with Crippen molar-refractivity contribution < 1.29 is 14.1 Å². The first-order valence-corrected chi connectivity index (χ1v) is 5.12. The summed E-state index contributed by atoms with van der Waals surface area (Å²) in [5.74, 6) is 3.61. The lowest BCUT2D eigenvalue weighted by Gasteiger charge is -2.15. The molecule has 3 N–H and O–H groups in total. The molecule has 0 unspecified atom stereocenters. The fourth-order valence-corrected chi connectivity index (χ4v) is 1.34. The molecule has 0 aliphatic heterocycles. The van der Waals surface area contributed by atoms with Crippen molar-refractivity contribution in [1.29, 1.82) is 0 Å². The Morgan fingerprint density at radius 2 is 2.22 bits per heavy atom. The van der Waals surface area contributed by atoms with E-state index in [0.29, 0.717) is 12.6 Å². The van der Waals surface area contributed by atoms with Gasteiger partial charge in [0.15, 0.2) is 5.82 Å². The van der Waals surface area contributed by atoms with Gasteiger partial charge in [0.05, 0.1) is 16.7 Å². The first-order valence-electron chi connectivity index (χ1n) is 5.12. The Balaban J connectivity index is 3.39. The van der Waals surface area contributed by atoms with Crippen molar-refractivity contribution in [2.75, 3.05) is 19.0 Å². The van der Waals surface area contributed by atoms with Gasteiger partial charge in [0.2, 0.25) is 0 Å². The molecule has 8 heteroatoms. The molecule has 0 saturated carbocycles. The standard InChI is InChI=1S/C10H13FN4O3/c1-3-14(2)10(16)6-4-8(13-12)7(11)5-9(6)15(17)18/h4-5,13H,3,12H2,1-2H3. The van der Waals surface area contributed by atoms with E-state index in [4.69, 9.17) is 5.84 Å². The smallest absolute Gasteiger partial charge is 0.285 e. The lowest BCUT2D eigenvalue weighted by Crippen LogP contribution is -2.27. The normalized spacial score (nSPS) is 10.0. The average molecular weight is 256 g/mol. The molecule has 1 aromatic carbocycles. The highest BCUT2D eigenvalue weighted by molar-refractivity contribution is 5.99. The van der Waals surface area contributed by atoms with Crippen LogP contribution in [-0.2, 0) is 0 Å². The van der Waals surface area contributed by atoms with Crippen molar-refractivity contribution in [3.05, 3.63) is 33.6 Å². The van der Waals surface area contributed by atoms with Gasteiger partial charge < -0.3 is 10.3 Å². The quantitative estimate of drug-likeness (QED) is 0.477. The predicted molar refractivity (Wildman–Crippen MR) is 63.5 cm³/mol. The van der Waals surface area contributed by atoms with Gasteiger partial charge in [-0.1, -0.05) is 0 Å². The highest BCUT2D eigenvalue weighted by atomic mass is 19.1. The number of anilines is 1. The molecule has 0 aliphatic carbocycles. The molecule has 1 rings (SSSR count). The van der Waals surface area contributed by atoms with Crippen LogP contribution in [-0.4, -0.2) is 29.3 Å². The van der Waals surface area contributed by atoms with E-state index in [1.165, 1.54) is 11.9 Å². The number of nitro groups is 1. The van der Waals surface area contributed by atoms with Crippen LogP contribution in [0.5, 0.6) is 0 Å². The second-order valence-electron chi connectivity index (χ2n) is 3.57. The fourth-order valence-electron chi connectivity index (χ4n) is 1.34. The molecule has 0 bridgehead atoms. The zero-order valence-electron chi connectivity index (χ0n) is 9.94. The third-order valence-electron chi connectivity index (χ3n) is 2.49. The number of hydrogen-bond acceptors (Lipinski definition) is 5. The Bertz CT molecular complexity index is 492. The zero-order chi connectivity index (χ0) is 13.9. The Labute approximate surface area is 102 Å². The van der Waals surface area contributed by atoms with Gasteiger partial charge in [-0.15, -0.1) is 0 Å². The number of hydrogen-bond donors (Lipinski definition) is 2. The number of nitrogens with two attached hydrogens (primary N) is 1. The van der Waals surface area contributed by atoms with Crippen molar-refractivity contribution in [2.45, 2.75) is 6.92 Å². The number of halogens is 1. The largest absolute Gasteiger partial charge is 0.342 e. The van der Waals surface area contributed by atoms with Crippen LogP contribution in [0, 0.1) is 15.9 Å². The summed E-state index contributed by atoms with van der Waals surface area (Å²) in [5.41, 5.74) is 1.08. The van der Waals surface area contributed by atoms with E-state index in [0.717, 1.165) is 6.07 Å². The number of benzene rings is 1. The van der Waals surface area contributed by atoms with Crippen LogP contribution in [0.25, 0.3) is 0 Å². The summed E-state index contributed by atoms with van der Waals surface area (Å²) in [4.78, 5) is 23.2. The number of nitrogens with one attached hydrogen (secondary N) is 1. The van der Waals surface area contributed by atoms with E-state index < -0.39 is 22.3 Å². The molecule has 0 heterocycles. The molecule has 1 aromatic rings. The molecule has 7 nitrogen and oxygen atoms in total. The number of nitrogens with zero attached hydrogens (tertiary/aromatic N) is 2. The molecule has 0 spiro atoms. The lowest BCUT2D eigenvalue weighted by molar-refractivity contribution is -0.385. The van der Waals surface area contributed by atoms with E-state index >= 15 is 0 Å². The van der Waals surface area contributed by atoms with Crippen LogP contribution in [0.2, 0.25) is 0 Å². The van der Waals surface area contributed by atoms with Gasteiger partial charge in [-0.3, -0.25) is 20.8 Å². The minimum absolute atomic E-state index is 0.173. The summed E-state index contributed by atoms with van der Waals surface area (Å²) in [5, 5.41) is 10.8. The van der Waals surface area contributed by atoms with Gasteiger partial charge in [-0.05, 0) is 13.0 Å². The Morgan fingerprint density at radius 1 is 1.61 bits per heavy atom. The maximum Gasteiger partial charge on any atom is 0.285 e. The number of rotatable bonds is 4. The molecule has 1 amide bonds. The van der Waals surface area contributed by atoms with Gasteiger partial charge in [0.25, 0.3) is 11.6 Å². The second-order valence-corrected chi connectivity index (χ2v) is 3.57. The number of carbonyl (C=O) groups is 1. The molecule has 18 heavy (non-hydrogen) atoms. The maximum atomic E-state index is 13.4. The van der Waals surface area contributed by atoms with Crippen molar-refractivity contribution in [1.82, 2.24) is 4.90 Å². The summed E-state index contributed by atoms with van der Waals surface area (Å²) < 4.78 is 13.4. The van der Waals surface area contributed by atoms with E-state index in [9.17, 15) is 19.3 Å². The summed E-state index contributed by atoms with van der Waals surface area (Å²) >= 11 is 0. The van der Waals surface area contributed by atoms with Crippen molar-refractivity contribution >= 4 is 17.3 Å². The molecule has 0 fully saturated rings. The summed E-state index contributed by atoms with van der Waals surface area (Å²) in [6.07, 6.45) is 0. The number of carbonyl (C=O) groups excluding carboxylic acids is 1. The SMILES string of the molecule is CCN(C)C(=O)c1cc(NN)c(F)cc1[N+](=O)[O-]. The number of nitro benzene ring substituents is 1. The average Bonchev–Trinajstić information content (AvgIpc) is 2.36. The summed E-state index contributed by atoms with van der Waals surface area (Å²) in [6, 6.07) is 1.70. The molecule has 0 atom stereocenters. The van der Waals surface area contributed by atoms with Gasteiger partial charge in [-0.2, -0.15) is 0 Å². The van der Waals surface area contributed by atoms with Crippen LogP contribution in [0.1, 0.15) is 17.3 Å². The van der Waals surface area contributed by atoms with Crippen molar-refractivity contribution in [2.24, 2.45) is 5.84 Å². The van der Waals surface area contributed by atoms with Crippen LogP contribution in [0.3, 0.4) is 0 Å². The third-order valence-corrected chi connectivity index (χ3v) is 2.49. The molecule has 0 aliphatic rings. The Hall–Kier alpha value is -2.22. The summed E-state index contributed by atoms with van der Waals surface area (Å²) in [7, 11) is 1.49. The van der Waals surface area contributed by atoms with Crippen molar-refractivity contribution in [3.63, 3.8) is 0 Å². The molecular formula is C10H13FN4O3. The number of hydrazine groups is 1. The van der Waals surface area contributed by atoms with Gasteiger partial charge in [0.1, 0.15) is 5.56 Å². The molecule has 0 aromatic heterocycles. The molecular weight excluding hydrogens is 243 g/mol. The van der Waals surface area contributed by atoms with Crippen LogP contribution >= 0.6 is 0 Å². The zero-order valence-corrected chi connectivity index (χ0v) is 9.94. The topological polar surface area (TPSA) is 102 Å². The maximum absolute atomic E-state index is 13.4. The number of nitrogen functional groups attached to an aromatic ring is 1. The van der Waals surface area contributed by atoms with Crippen LogP contribution in [0.4, 0.5) is 15.8 Å². The Morgan fingerprint density at radius 3 is 2.67 bits per heavy atom. The minimum Gasteiger partial charge on any atom is -0.342 e. The Kier molecular flexibility index (Phi) is 4.16. The minimum atomic E-state index is -0.889. The first-order chi connectivity index (χ1) is 8.42. The van der Waals surface area contributed by atoms with Crippen LogP contribution < -0.4 is 11.3 Å². The second kappa shape index (κ2) is 5.41. The van der Waals surface area contributed by atoms with E-state index in [2.05, 4.69) is 0 Å². The van der Waals surface area contributed by atoms with Crippen LogP contribution in [0.15, 0.2) is 12.1 Å². The number of amides is 1.